The lowest BCUT2D eigenvalue weighted by Crippen LogP contribution is -2.28. The lowest BCUT2D eigenvalue weighted by Gasteiger charge is -2.18. The van der Waals surface area contributed by atoms with Crippen molar-refractivity contribution >= 4 is 22.0 Å². The first kappa shape index (κ1) is 22.4. The van der Waals surface area contributed by atoms with Crippen molar-refractivity contribution in [2.45, 2.75) is 24.3 Å². The molecule has 0 aliphatic rings. The molecule has 0 aromatic heterocycles. The first-order valence-corrected chi connectivity index (χ1v) is 10.2. The van der Waals surface area contributed by atoms with Crippen molar-refractivity contribution in [3.05, 3.63) is 59.2 Å². The fourth-order valence-corrected chi connectivity index (χ4v) is 4.08. The predicted octanol–water partition coefficient (Wildman–Crippen LogP) is 2.70. The van der Waals surface area contributed by atoms with Gasteiger partial charge in [-0.25, -0.2) is 22.7 Å². The first-order valence-electron chi connectivity index (χ1n) is 8.73. The molecule has 1 atom stereocenters. The molecule has 0 bridgehead atoms. The van der Waals surface area contributed by atoms with Crippen molar-refractivity contribution < 1.29 is 32.2 Å². The predicted molar refractivity (Wildman–Crippen MR) is 105 cm³/mol. The highest BCUT2D eigenvalue weighted by molar-refractivity contribution is 7.89. The van der Waals surface area contributed by atoms with Crippen molar-refractivity contribution in [2.75, 3.05) is 21.3 Å². The van der Waals surface area contributed by atoms with Gasteiger partial charge in [-0.2, -0.15) is 0 Å². The van der Waals surface area contributed by atoms with Gasteiger partial charge in [0.2, 0.25) is 10.0 Å². The molecule has 0 amide bonds. The zero-order valence-electron chi connectivity index (χ0n) is 16.6. The van der Waals surface area contributed by atoms with E-state index in [2.05, 4.69) is 14.2 Å². The fraction of sp³-hybridized carbons (Fsp3) is 0.300. The molecule has 8 nitrogen and oxygen atoms in total. The van der Waals surface area contributed by atoms with Crippen LogP contribution in [0.15, 0.2) is 47.4 Å². The summed E-state index contributed by atoms with van der Waals surface area (Å²) in [6.45, 7) is 1.84. The number of carbonyl (C=O) groups excluding carboxylic acids is 2. The molecule has 1 N–H and O–H groups in total. The van der Waals surface area contributed by atoms with Crippen LogP contribution < -0.4 is 9.46 Å². The molecule has 0 aliphatic carbocycles. The molecule has 0 fully saturated rings. The Bertz CT molecular complexity index is 950. The van der Waals surface area contributed by atoms with Gasteiger partial charge in [0, 0.05) is 6.04 Å². The molecule has 0 radical (unpaired) electrons. The average Bonchev–Trinajstić information content (AvgIpc) is 2.76. The number of sulfonamides is 1. The van der Waals surface area contributed by atoms with Crippen LogP contribution in [0.5, 0.6) is 5.75 Å². The third-order valence-corrected chi connectivity index (χ3v) is 5.73. The Kier molecular flexibility index (Phi) is 7.35. The highest BCUT2D eigenvalue weighted by atomic mass is 32.2. The van der Waals surface area contributed by atoms with E-state index in [4.69, 9.17) is 4.74 Å². The quantitative estimate of drug-likeness (QED) is 0.653. The number of hydrogen-bond acceptors (Lipinski definition) is 7. The number of rotatable bonds is 8. The molecule has 0 spiro atoms. The zero-order valence-corrected chi connectivity index (χ0v) is 17.4. The Labute approximate surface area is 169 Å². The summed E-state index contributed by atoms with van der Waals surface area (Å²) in [4.78, 5) is 23.6. The highest BCUT2D eigenvalue weighted by Crippen LogP contribution is 2.24. The van der Waals surface area contributed by atoms with Crippen molar-refractivity contribution in [3.8, 4) is 5.75 Å². The summed E-state index contributed by atoms with van der Waals surface area (Å²) in [5.41, 5.74) is 0.593. The minimum atomic E-state index is -4.06. The van der Waals surface area contributed by atoms with E-state index in [1.165, 1.54) is 6.07 Å². The number of benzene rings is 2. The number of methoxy groups -OCH3 is 3. The molecule has 2 aromatic carbocycles. The second-order valence-corrected chi connectivity index (χ2v) is 7.80. The van der Waals surface area contributed by atoms with Crippen molar-refractivity contribution in [1.82, 2.24) is 4.72 Å². The lowest BCUT2D eigenvalue weighted by atomic mass is 10.1. The fourth-order valence-electron chi connectivity index (χ4n) is 2.70. The van der Waals surface area contributed by atoms with Gasteiger partial charge in [0.1, 0.15) is 5.75 Å². The third-order valence-electron chi connectivity index (χ3n) is 4.28. The molecule has 0 saturated heterocycles. The largest absolute Gasteiger partial charge is 0.497 e. The summed E-state index contributed by atoms with van der Waals surface area (Å²) in [5, 5.41) is 0. The van der Waals surface area contributed by atoms with Crippen LogP contribution in [0.1, 0.15) is 45.7 Å². The molecule has 2 aromatic rings. The molecule has 1 unspecified atom stereocenters. The maximum atomic E-state index is 13.0. The normalized spacial score (nSPS) is 12.1. The van der Waals surface area contributed by atoms with Crippen LogP contribution in [0, 0.1) is 0 Å². The van der Waals surface area contributed by atoms with Crippen LogP contribution in [0.2, 0.25) is 0 Å². The molecule has 0 heterocycles. The van der Waals surface area contributed by atoms with Crippen LogP contribution in [-0.2, 0) is 19.5 Å². The first-order chi connectivity index (χ1) is 13.7. The number of ether oxygens (including phenoxy) is 3. The molecule has 156 valence electrons. The molecule has 2 rings (SSSR count). The average molecular weight is 421 g/mol. The molecular weight excluding hydrogens is 398 g/mol. The maximum absolute atomic E-state index is 13.0. The minimum absolute atomic E-state index is 0.0757. The molecular formula is C20H23NO7S. The Hall–Kier alpha value is -2.91. The van der Waals surface area contributed by atoms with Gasteiger partial charge in [0.25, 0.3) is 0 Å². The monoisotopic (exact) mass is 421 g/mol. The Morgan fingerprint density at radius 1 is 0.931 bits per heavy atom. The van der Waals surface area contributed by atoms with Crippen LogP contribution >= 0.6 is 0 Å². The van der Waals surface area contributed by atoms with E-state index in [0.29, 0.717) is 12.2 Å². The number of esters is 2. The van der Waals surface area contributed by atoms with Crippen molar-refractivity contribution in [3.63, 3.8) is 0 Å². The standard InChI is InChI=1S/C20H23NO7S/c1-5-18(13-6-8-16(26-2)9-7-13)21-29(24,25)17-11-14(19(22)27-3)10-15(12-17)20(23)28-4/h6-12,18,21H,5H2,1-4H3. The van der Waals surface area contributed by atoms with E-state index in [-0.39, 0.29) is 16.0 Å². The lowest BCUT2D eigenvalue weighted by molar-refractivity contribution is 0.0598. The van der Waals surface area contributed by atoms with Gasteiger partial charge in [-0.3, -0.25) is 0 Å². The van der Waals surface area contributed by atoms with Crippen molar-refractivity contribution in [1.29, 1.82) is 0 Å². The van der Waals surface area contributed by atoms with Crippen LogP contribution in [-0.4, -0.2) is 41.7 Å². The summed E-state index contributed by atoms with van der Waals surface area (Å²) >= 11 is 0. The van der Waals surface area contributed by atoms with E-state index in [9.17, 15) is 18.0 Å². The smallest absolute Gasteiger partial charge is 0.337 e. The Balaban J connectivity index is 2.44. The maximum Gasteiger partial charge on any atom is 0.337 e. The van der Waals surface area contributed by atoms with E-state index in [1.54, 1.807) is 31.4 Å². The second kappa shape index (κ2) is 9.53. The van der Waals surface area contributed by atoms with Crippen molar-refractivity contribution in [2.24, 2.45) is 0 Å². The number of carbonyl (C=O) groups is 2. The van der Waals surface area contributed by atoms with Gasteiger partial charge in [-0.05, 0) is 42.3 Å². The summed E-state index contributed by atoms with van der Waals surface area (Å²) in [7, 11) is -0.191. The summed E-state index contributed by atoms with van der Waals surface area (Å²) < 4.78 is 43.0. The zero-order chi connectivity index (χ0) is 21.6. The second-order valence-electron chi connectivity index (χ2n) is 6.08. The third kappa shape index (κ3) is 5.33. The number of nitrogens with one attached hydrogen (secondary N) is 1. The topological polar surface area (TPSA) is 108 Å². The molecule has 9 heteroatoms. The molecule has 0 saturated carbocycles. The van der Waals surface area contributed by atoms with Gasteiger partial charge in [0.05, 0.1) is 37.4 Å². The van der Waals surface area contributed by atoms with Gasteiger partial charge >= 0.3 is 11.9 Å². The van der Waals surface area contributed by atoms with E-state index < -0.39 is 28.0 Å². The minimum Gasteiger partial charge on any atom is -0.497 e. The van der Waals surface area contributed by atoms with Crippen LogP contribution in [0.25, 0.3) is 0 Å². The SMILES string of the molecule is CCC(NS(=O)(=O)c1cc(C(=O)OC)cc(C(=O)OC)c1)c1ccc(OC)cc1. The number of hydrogen-bond donors (Lipinski definition) is 1. The highest BCUT2D eigenvalue weighted by Gasteiger charge is 2.24. The van der Waals surface area contributed by atoms with Gasteiger partial charge < -0.3 is 14.2 Å². The van der Waals surface area contributed by atoms with Gasteiger partial charge in [-0.1, -0.05) is 19.1 Å². The molecule has 0 aliphatic heterocycles. The Morgan fingerprint density at radius 2 is 1.45 bits per heavy atom. The summed E-state index contributed by atoms with van der Waals surface area (Å²) in [6.07, 6.45) is 0.478. The Morgan fingerprint density at radius 3 is 1.86 bits per heavy atom. The van der Waals surface area contributed by atoms with E-state index in [0.717, 1.165) is 31.9 Å². The summed E-state index contributed by atoms with van der Waals surface area (Å²) in [5.74, 6) is -0.885. The van der Waals surface area contributed by atoms with E-state index >= 15 is 0 Å². The molecule has 29 heavy (non-hydrogen) atoms. The van der Waals surface area contributed by atoms with Crippen LogP contribution in [0.3, 0.4) is 0 Å². The van der Waals surface area contributed by atoms with E-state index in [1.807, 2.05) is 6.92 Å². The summed E-state index contributed by atoms with van der Waals surface area (Å²) in [6, 6.07) is 10.0. The van der Waals surface area contributed by atoms with Gasteiger partial charge in [0.15, 0.2) is 0 Å². The van der Waals surface area contributed by atoms with Gasteiger partial charge in [-0.15, -0.1) is 0 Å². The van der Waals surface area contributed by atoms with Crippen LogP contribution in [0.4, 0.5) is 0 Å².